The number of rotatable bonds is 3. The van der Waals surface area contributed by atoms with Crippen molar-refractivity contribution in [3.05, 3.63) is 35.0 Å². The zero-order valence-electron chi connectivity index (χ0n) is 10.7. The van der Waals surface area contributed by atoms with Gasteiger partial charge in [0.25, 0.3) is 10.0 Å². The summed E-state index contributed by atoms with van der Waals surface area (Å²) < 4.78 is 25.6. The number of anilines is 1. The molecule has 0 spiro atoms. The molecule has 0 bridgehead atoms. The summed E-state index contributed by atoms with van der Waals surface area (Å²) in [6.07, 6.45) is 0. The highest BCUT2D eigenvalue weighted by atomic mass is 32.2. The van der Waals surface area contributed by atoms with Crippen LogP contribution in [0.2, 0.25) is 0 Å². The van der Waals surface area contributed by atoms with Gasteiger partial charge in [0.1, 0.15) is 4.21 Å². The number of hydrogen-bond acceptors (Lipinski definition) is 6. The number of aromatic nitrogens is 2. The molecule has 2 heterocycles. The topological polar surface area (TPSA) is 101 Å². The van der Waals surface area contributed by atoms with Crippen LogP contribution in [0.25, 0.3) is 0 Å². The highest BCUT2D eigenvalue weighted by Gasteiger charge is 2.19. The van der Waals surface area contributed by atoms with Crippen molar-refractivity contribution < 1.29 is 13.2 Å². The number of aryl methyl sites for hydroxylation is 2. The molecular formula is C11H12N4O3S2. The Balaban J connectivity index is 2.10. The number of carbonyl (C=O) groups excluding carboxylic acids is 1. The maximum absolute atomic E-state index is 11.8. The van der Waals surface area contributed by atoms with Gasteiger partial charge in [0.05, 0.1) is 0 Å². The van der Waals surface area contributed by atoms with Gasteiger partial charge in [-0.15, -0.1) is 11.3 Å². The van der Waals surface area contributed by atoms with E-state index in [4.69, 9.17) is 0 Å². The average Bonchev–Trinajstić information content (AvgIpc) is 2.79. The van der Waals surface area contributed by atoms with E-state index in [1.807, 2.05) is 4.72 Å². The average molecular weight is 312 g/mol. The minimum atomic E-state index is -3.86. The first-order valence-electron chi connectivity index (χ1n) is 5.56. The normalized spacial score (nSPS) is 11.1. The lowest BCUT2D eigenvalue weighted by molar-refractivity contribution is 0.256. The first-order chi connectivity index (χ1) is 9.37. The van der Waals surface area contributed by atoms with E-state index in [9.17, 15) is 13.2 Å². The van der Waals surface area contributed by atoms with Crippen LogP contribution in [0.1, 0.15) is 11.4 Å². The van der Waals surface area contributed by atoms with Crippen LogP contribution in [0.15, 0.2) is 27.8 Å². The summed E-state index contributed by atoms with van der Waals surface area (Å²) >= 11 is 1.02. The quantitative estimate of drug-likeness (QED) is 0.897. The van der Waals surface area contributed by atoms with Crippen molar-refractivity contribution >= 4 is 33.3 Å². The fourth-order valence-electron chi connectivity index (χ4n) is 1.50. The Kier molecular flexibility index (Phi) is 4.00. The van der Waals surface area contributed by atoms with Gasteiger partial charge in [-0.25, -0.2) is 27.9 Å². The molecule has 2 amide bonds. The minimum absolute atomic E-state index is 0.0568. The molecule has 0 aromatic carbocycles. The molecule has 2 rings (SSSR count). The number of hydrogen-bond donors (Lipinski definition) is 2. The Labute approximate surface area is 120 Å². The number of sulfonamides is 1. The second-order valence-electron chi connectivity index (χ2n) is 3.97. The molecule has 106 valence electrons. The van der Waals surface area contributed by atoms with Gasteiger partial charge in [0.2, 0.25) is 5.95 Å². The lowest BCUT2D eigenvalue weighted by atomic mass is 10.4. The molecule has 2 aromatic heterocycles. The Bertz CT molecular complexity index is 706. The van der Waals surface area contributed by atoms with Crippen molar-refractivity contribution in [1.29, 1.82) is 0 Å². The van der Waals surface area contributed by atoms with E-state index >= 15 is 0 Å². The lowest BCUT2D eigenvalue weighted by Crippen LogP contribution is -2.34. The van der Waals surface area contributed by atoms with Crippen molar-refractivity contribution in [3.8, 4) is 0 Å². The maximum Gasteiger partial charge on any atom is 0.335 e. The molecule has 0 aliphatic heterocycles. The number of nitrogens with one attached hydrogen (secondary N) is 2. The Morgan fingerprint density at radius 2 is 1.90 bits per heavy atom. The molecule has 20 heavy (non-hydrogen) atoms. The van der Waals surface area contributed by atoms with Gasteiger partial charge >= 0.3 is 6.03 Å². The fraction of sp³-hybridized carbons (Fsp3) is 0.182. The van der Waals surface area contributed by atoms with Gasteiger partial charge in [0, 0.05) is 11.4 Å². The zero-order chi connectivity index (χ0) is 14.8. The van der Waals surface area contributed by atoms with Crippen LogP contribution in [0.3, 0.4) is 0 Å². The molecule has 0 atom stereocenters. The standard InChI is InChI=1S/C11H12N4O3S2/c1-7-6-8(2)13-10(12-7)14-11(16)15-20(17,18)9-4-3-5-19-9/h3-6H,1-2H3,(H2,12,13,14,15,16). The van der Waals surface area contributed by atoms with Crippen LogP contribution >= 0.6 is 11.3 Å². The molecule has 2 aromatic rings. The van der Waals surface area contributed by atoms with Crippen LogP contribution in [0.4, 0.5) is 10.7 Å². The summed E-state index contributed by atoms with van der Waals surface area (Å²) in [6.45, 7) is 3.50. The van der Waals surface area contributed by atoms with Crippen LogP contribution < -0.4 is 10.0 Å². The SMILES string of the molecule is Cc1cc(C)nc(NC(=O)NS(=O)(=O)c2cccs2)n1. The van der Waals surface area contributed by atoms with Crippen molar-refractivity contribution in [1.82, 2.24) is 14.7 Å². The summed E-state index contributed by atoms with van der Waals surface area (Å²) in [5, 5.41) is 3.91. The van der Waals surface area contributed by atoms with Gasteiger partial charge in [-0.05, 0) is 31.4 Å². The molecule has 0 aliphatic rings. The highest BCUT2D eigenvalue weighted by molar-refractivity contribution is 7.92. The van der Waals surface area contributed by atoms with E-state index in [0.29, 0.717) is 11.4 Å². The molecule has 0 fully saturated rings. The number of thiophene rings is 1. The van der Waals surface area contributed by atoms with E-state index in [1.54, 1.807) is 31.4 Å². The summed E-state index contributed by atoms with van der Waals surface area (Å²) in [5.41, 5.74) is 1.35. The number of nitrogens with zero attached hydrogens (tertiary/aromatic N) is 2. The third kappa shape index (κ3) is 3.52. The van der Waals surface area contributed by atoms with Gasteiger partial charge in [-0.2, -0.15) is 0 Å². The zero-order valence-corrected chi connectivity index (χ0v) is 12.4. The third-order valence-corrected chi connectivity index (χ3v) is 4.92. The van der Waals surface area contributed by atoms with Crippen LogP contribution in [0.5, 0.6) is 0 Å². The monoisotopic (exact) mass is 312 g/mol. The first-order valence-corrected chi connectivity index (χ1v) is 7.93. The molecule has 0 aliphatic carbocycles. The fourth-order valence-corrected chi connectivity index (χ4v) is 3.40. The second kappa shape index (κ2) is 5.55. The predicted octanol–water partition coefficient (Wildman–Crippen LogP) is 1.67. The van der Waals surface area contributed by atoms with Crippen molar-refractivity contribution in [2.24, 2.45) is 0 Å². The molecule has 9 heteroatoms. The lowest BCUT2D eigenvalue weighted by Gasteiger charge is -2.07. The van der Waals surface area contributed by atoms with E-state index in [-0.39, 0.29) is 10.2 Å². The van der Waals surface area contributed by atoms with Gasteiger partial charge < -0.3 is 0 Å². The molecular weight excluding hydrogens is 300 g/mol. The number of carbonyl (C=O) groups is 1. The van der Waals surface area contributed by atoms with Gasteiger partial charge in [-0.3, -0.25) is 5.32 Å². The minimum Gasteiger partial charge on any atom is -0.275 e. The molecule has 7 nitrogen and oxygen atoms in total. The third-order valence-electron chi connectivity index (χ3n) is 2.19. The Hall–Kier alpha value is -2.00. The van der Waals surface area contributed by atoms with Gasteiger partial charge in [-0.1, -0.05) is 6.07 Å². The molecule has 0 saturated carbocycles. The van der Waals surface area contributed by atoms with Crippen molar-refractivity contribution in [2.75, 3.05) is 5.32 Å². The van der Waals surface area contributed by atoms with Crippen LogP contribution in [-0.4, -0.2) is 24.4 Å². The van der Waals surface area contributed by atoms with Crippen molar-refractivity contribution in [3.63, 3.8) is 0 Å². The summed E-state index contributed by atoms with van der Waals surface area (Å²) in [4.78, 5) is 19.7. The molecule has 2 N–H and O–H groups in total. The largest absolute Gasteiger partial charge is 0.335 e. The van der Waals surface area contributed by atoms with E-state index < -0.39 is 16.1 Å². The highest BCUT2D eigenvalue weighted by Crippen LogP contribution is 2.15. The smallest absolute Gasteiger partial charge is 0.275 e. The van der Waals surface area contributed by atoms with E-state index in [0.717, 1.165) is 11.3 Å². The summed E-state index contributed by atoms with van der Waals surface area (Å²) in [5.74, 6) is 0.0568. The number of urea groups is 1. The van der Waals surface area contributed by atoms with Crippen molar-refractivity contribution in [2.45, 2.75) is 18.1 Å². The maximum atomic E-state index is 11.8. The number of amides is 2. The second-order valence-corrected chi connectivity index (χ2v) is 6.82. The molecule has 0 radical (unpaired) electrons. The Morgan fingerprint density at radius 3 is 2.45 bits per heavy atom. The van der Waals surface area contributed by atoms with Crippen LogP contribution in [0, 0.1) is 13.8 Å². The van der Waals surface area contributed by atoms with E-state index in [1.165, 1.54) is 6.07 Å². The summed E-state index contributed by atoms with van der Waals surface area (Å²) in [7, 11) is -3.86. The van der Waals surface area contributed by atoms with E-state index in [2.05, 4.69) is 15.3 Å². The molecule has 0 unspecified atom stereocenters. The van der Waals surface area contributed by atoms with Gasteiger partial charge in [0.15, 0.2) is 0 Å². The summed E-state index contributed by atoms with van der Waals surface area (Å²) in [6, 6.07) is 3.84. The Morgan fingerprint density at radius 1 is 1.25 bits per heavy atom. The molecule has 0 saturated heterocycles. The predicted molar refractivity (Wildman–Crippen MR) is 75.2 cm³/mol. The van der Waals surface area contributed by atoms with Crippen LogP contribution in [-0.2, 0) is 10.0 Å². The first kappa shape index (κ1) is 14.4.